The van der Waals surface area contributed by atoms with Gasteiger partial charge in [-0.2, -0.15) is 18.3 Å². The summed E-state index contributed by atoms with van der Waals surface area (Å²) in [5, 5.41) is 4.57. The van der Waals surface area contributed by atoms with Crippen LogP contribution in [0.5, 0.6) is 0 Å². The topological polar surface area (TPSA) is 15.6 Å². The molecular formula is C5H6F3N2. The second-order valence-corrected chi connectivity index (χ2v) is 2.16. The third kappa shape index (κ3) is 1.40. The lowest BCUT2D eigenvalue weighted by molar-refractivity contribution is -0.154. The van der Waals surface area contributed by atoms with Crippen molar-refractivity contribution < 1.29 is 13.2 Å². The molecule has 0 spiro atoms. The van der Waals surface area contributed by atoms with E-state index in [4.69, 9.17) is 0 Å². The van der Waals surface area contributed by atoms with Crippen LogP contribution in [0.1, 0.15) is 0 Å². The molecule has 0 saturated heterocycles. The van der Waals surface area contributed by atoms with Crippen LogP contribution in [0.25, 0.3) is 0 Å². The number of hydrogen-bond donors (Lipinski definition) is 0. The molecule has 1 rings (SSSR count). The van der Waals surface area contributed by atoms with Crippen LogP contribution in [0, 0.1) is 5.92 Å². The Morgan fingerprint density at radius 2 is 2.20 bits per heavy atom. The zero-order valence-corrected chi connectivity index (χ0v) is 5.31. The molecule has 1 aliphatic rings. The van der Waals surface area contributed by atoms with Crippen molar-refractivity contribution in [3.8, 4) is 0 Å². The summed E-state index contributed by atoms with van der Waals surface area (Å²) in [7, 11) is 1.48. The molecule has 10 heavy (non-hydrogen) atoms. The Kier molecular flexibility index (Phi) is 1.58. The predicted molar refractivity (Wildman–Crippen MR) is 29.6 cm³/mol. The Morgan fingerprint density at radius 1 is 1.60 bits per heavy atom. The maximum absolute atomic E-state index is 11.8. The van der Waals surface area contributed by atoms with E-state index in [-0.39, 0.29) is 6.54 Å². The van der Waals surface area contributed by atoms with Gasteiger partial charge in [0.15, 0.2) is 0 Å². The van der Waals surface area contributed by atoms with E-state index in [9.17, 15) is 13.2 Å². The monoisotopic (exact) mass is 151 g/mol. The van der Waals surface area contributed by atoms with Crippen molar-refractivity contribution in [1.82, 2.24) is 5.01 Å². The first-order valence-corrected chi connectivity index (χ1v) is 2.74. The largest absolute Gasteiger partial charge is 0.399 e. The van der Waals surface area contributed by atoms with Crippen molar-refractivity contribution >= 4 is 6.21 Å². The maximum Gasteiger partial charge on any atom is 0.399 e. The zero-order valence-electron chi connectivity index (χ0n) is 5.31. The summed E-state index contributed by atoms with van der Waals surface area (Å²) in [6.45, 7) is -0.108. The Bertz CT molecular complexity index is 151. The maximum atomic E-state index is 11.8. The van der Waals surface area contributed by atoms with Gasteiger partial charge in [-0.1, -0.05) is 0 Å². The van der Waals surface area contributed by atoms with E-state index in [1.165, 1.54) is 12.1 Å². The molecule has 1 atom stereocenters. The molecule has 0 aliphatic carbocycles. The van der Waals surface area contributed by atoms with Crippen LogP contribution in [0.15, 0.2) is 5.10 Å². The van der Waals surface area contributed by atoms with E-state index >= 15 is 0 Å². The van der Waals surface area contributed by atoms with Crippen molar-refractivity contribution in [3.05, 3.63) is 0 Å². The highest BCUT2D eigenvalue weighted by Gasteiger charge is 2.41. The first-order valence-electron chi connectivity index (χ1n) is 2.74. The third-order valence-electron chi connectivity index (χ3n) is 1.23. The number of alkyl halides is 3. The van der Waals surface area contributed by atoms with Gasteiger partial charge in [0.1, 0.15) is 5.92 Å². The molecule has 0 aromatic rings. The number of hydrogen-bond acceptors (Lipinski definition) is 2. The summed E-state index contributed by atoms with van der Waals surface area (Å²) >= 11 is 0. The van der Waals surface area contributed by atoms with E-state index in [1.807, 2.05) is 6.21 Å². The van der Waals surface area contributed by atoms with Crippen LogP contribution < -0.4 is 0 Å². The van der Waals surface area contributed by atoms with E-state index < -0.39 is 12.1 Å². The number of halogens is 3. The van der Waals surface area contributed by atoms with E-state index in [2.05, 4.69) is 5.10 Å². The molecule has 1 heterocycles. The molecule has 5 heteroatoms. The lowest BCUT2D eigenvalue weighted by atomic mass is 10.2. The summed E-state index contributed by atoms with van der Waals surface area (Å²) in [4.78, 5) is 0. The molecule has 0 aromatic heterocycles. The van der Waals surface area contributed by atoms with Gasteiger partial charge in [-0.3, -0.25) is 5.01 Å². The molecular weight excluding hydrogens is 145 g/mol. The minimum Gasteiger partial charge on any atom is -0.299 e. The van der Waals surface area contributed by atoms with Crippen molar-refractivity contribution in [3.63, 3.8) is 0 Å². The van der Waals surface area contributed by atoms with Crippen LogP contribution >= 0.6 is 0 Å². The van der Waals surface area contributed by atoms with Crippen LogP contribution in [-0.2, 0) is 0 Å². The highest BCUT2D eigenvalue weighted by Crippen LogP contribution is 2.27. The first kappa shape index (κ1) is 7.37. The van der Waals surface area contributed by atoms with Crippen LogP contribution in [0.2, 0.25) is 0 Å². The Labute approximate surface area is 56.3 Å². The normalized spacial score (nSPS) is 26.0. The second kappa shape index (κ2) is 2.14. The van der Waals surface area contributed by atoms with Gasteiger partial charge in [0.05, 0.1) is 12.8 Å². The number of hydrazone groups is 1. The minimum atomic E-state index is -4.19. The van der Waals surface area contributed by atoms with Gasteiger partial charge >= 0.3 is 6.18 Å². The van der Waals surface area contributed by atoms with Gasteiger partial charge in [0, 0.05) is 7.05 Å². The molecule has 57 valence electrons. The fraction of sp³-hybridized carbons (Fsp3) is 0.800. The molecule has 0 bridgehead atoms. The molecule has 1 aliphatic heterocycles. The molecule has 1 unspecified atom stereocenters. The highest BCUT2D eigenvalue weighted by atomic mass is 19.4. The average Bonchev–Trinajstić information content (AvgIpc) is 2.11. The van der Waals surface area contributed by atoms with Crippen LogP contribution in [0.3, 0.4) is 0 Å². The van der Waals surface area contributed by atoms with Gasteiger partial charge in [0.2, 0.25) is 0 Å². The third-order valence-corrected chi connectivity index (χ3v) is 1.23. The Morgan fingerprint density at radius 3 is 2.40 bits per heavy atom. The number of nitrogens with zero attached hydrogens (tertiary/aromatic N) is 2. The quantitative estimate of drug-likeness (QED) is 0.503. The van der Waals surface area contributed by atoms with Crippen molar-refractivity contribution in [2.45, 2.75) is 6.18 Å². The molecule has 2 nitrogen and oxygen atoms in total. The summed E-state index contributed by atoms with van der Waals surface area (Å²) in [5.74, 6) is -1.50. The van der Waals surface area contributed by atoms with Gasteiger partial charge in [-0.05, 0) is 0 Å². The summed E-state index contributed by atoms with van der Waals surface area (Å²) in [6, 6.07) is 0. The SMILES string of the molecule is CN1CC(C(F)(F)F)[C]=N1. The minimum absolute atomic E-state index is 0.108. The molecule has 0 amide bonds. The molecule has 0 N–H and O–H groups in total. The summed E-state index contributed by atoms with van der Waals surface area (Å²) in [6.07, 6.45) is -2.21. The summed E-state index contributed by atoms with van der Waals surface area (Å²) in [5.41, 5.74) is 0. The van der Waals surface area contributed by atoms with Crippen molar-refractivity contribution in [2.75, 3.05) is 13.6 Å². The van der Waals surface area contributed by atoms with E-state index in [0.29, 0.717) is 0 Å². The zero-order chi connectivity index (χ0) is 7.78. The van der Waals surface area contributed by atoms with Crippen LogP contribution in [-0.4, -0.2) is 31.0 Å². The molecule has 0 aromatic carbocycles. The highest BCUT2D eigenvalue weighted by molar-refractivity contribution is 5.63. The van der Waals surface area contributed by atoms with E-state index in [0.717, 1.165) is 0 Å². The first-order chi connectivity index (χ1) is 4.50. The Hall–Kier alpha value is -0.740. The van der Waals surface area contributed by atoms with Crippen molar-refractivity contribution in [2.24, 2.45) is 11.0 Å². The lowest BCUT2D eigenvalue weighted by Gasteiger charge is -2.12. The van der Waals surface area contributed by atoms with Gasteiger partial charge in [-0.15, -0.1) is 0 Å². The molecule has 0 saturated carbocycles. The van der Waals surface area contributed by atoms with Crippen molar-refractivity contribution in [1.29, 1.82) is 0 Å². The van der Waals surface area contributed by atoms with E-state index in [1.54, 1.807) is 0 Å². The van der Waals surface area contributed by atoms with Gasteiger partial charge in [-0.25, -0.2) is 0 Å². The standard InChI is InChI=1S/C5H6F3N2/c1-10-3-4(2-9-10)5(6,7)8/h4H,3H2,1H3. The van der Waals surface area contributed by atoms with Crippen LogP contribution in [0.4, 0.5) is 13.2 Å². The fourth-order valence-electron chi connectivity index (χ4n) is 0.691. The average molecular weight is 151 g/mol. The molecule has 1 radical (unpaired) electrons. The smallest absolute Gasteiger partial charge is 0.299 e. The fourth-order valence-corrected chi connectivity index (χ4v) is 0.691. The van der Waals surface area contributed by atoms with Gasteiger partial charge in [0.25, 0.3) is 0 Å². The summed E-state index contributed by atoms with van der Waals surface area (Å²) < 4.78 is 35.4. The number of rotatable bonds is 0. The predicted octanol–water partition coefficient (Wildman–Crippen LogP) is 0.973. The lowest BCUT2D eigenvalue weighted by Crippen LogP contribution is -2.27. The molecule has 0 fully saturated rings. The van der Waals surface area contributed by atoms with Gasteiger partial charge < -0.3 is 0 Å². The Balaban J connectivity index is 2.55. The second-order valence-electron chi connectivity index (χ2n) is 2.16.